The molecule has 2 saturated heterocycles. The number of benzene rings is 1. The first-order valence-corrected chi connectivity index (χ1v) is 19.7. The van der Waals surface area contributed by atoms with Crippen LogP contribution in [0.5, 0.6) is 5.75 Å². The lowest BCUT2D eigenvalue weighted by molar-refractivity contribution is -0.145. The van der Waals surface area contributed by atoms with Crippen molar-refractivity contribution in [2.24, 2.45) is 11.7 Å². The van der Waals surface area contributed by atoms with Crippen molar-refractivity contribution in [1.29, 1.82) is 0 Å². The second kappa shape index (κ2) is 20.4. The van der Waals surface area contributed by atoms with Crippen LogP contribution < -0.4 is 26.2 Å². The lowest BCUT2D eigenvalue weighted by Crippen LogP contribution is -2.58. The van der Waals surface area contributed by atoms with Gasteiger partial charge < -0.3 is 31.1 Å². The summed E-state index contributed by atoms with van der Waals surface area (Å²) < 4.78 is 15.7. The molecule has 0 aliphatic carbocycles. The lowest BCUT2D eigenvalue weighted by atomic mass is 9.94. The number of carbonyl (C=O) groups is 5. The van der Waals surface area contributed by atoms with Gasteiger partial charge in [-0.2, -0.15) is 0 Å². The molecule has 1 unspecified atom stereocenters. The number of nitrogens with one attached hydrogen (secondary N) is 3. The SMILES string of the molecule is CCCCCCCCNC(=O)[C@H](CCC(N)=O)NC(=O)[C@@H]1CCC2CCCC[C@H](NC(=O)[C@@H](CC)Cc3ccc(OP(=O)(O)O)cc3)C(=O)N21. The van der Waals surface area contributed by atoms with Crippen LogP contribution in [0, 0.1) is 5.92 Å². The fourth-order valence-corrected chi connectivity index (χ4v) is 7.20. The fraction of sp³-hybridized carbons (Fsp3) is 0.686. The van der Waals surface area contributed by atoms with Gasteiger partial charge in [-0.15, -0.1) is 0 Å². The van der Waals surface area contributed by atoms with Gasteiger partial charge in [0.1, 0.15) is 23.9 Å². The van der Waals surface area contributed by atoms with Crippen molar-refractivity contribution in [3.05, 3.63) is 29.8 Å². The minimum absolute atomic E-state index is 0.00597. The van der Waals surface area contributed by atoms with Gasteiger partial charge in [-0.05, 0) is 69.1 Å². The maximum atomic E-state index is 14.1. The molecule has 0 bridgehead atoms. The van der Waals surface area contributed by atoms with Gasteiger partial charge in [-0.3, -0.25) is 33.8 Å². The van der Waals surface area contributed by atoms with Gasteiger partial charge in [0.25, 0.3) is 0 Å². The largest absolute Gasteiger partial charge is 0.524 e. The van der Waals surface area contributed by atoms with Crippen molar-refractivity contribution < 1.29 is 42.8 Å². The quantitative estimate of drug-likeness (QED) is 0.0858. The van der Waals surface area contributed by atoms with Gasteiger partial charge in [0.2, 0.25) is 29.5 Å². The molecule has 2 heterocycles. The number of hydrogen-bond donors (Lipinski definition) is 6. The van der Waals surface area contributed by atoms with Gasteiger partial charge in [-0.1, -0.05) is 70.9 Å². The third-order valence-corrected chi connectivity index (χ3v) is 10.0. The zero-order valence-corrected chi connectivity index (χ0v) is 30.3. The predicted molar refractivity (Wildman–Crippen MR) is 187 cm³/mol. The normalized spacial score (nSPS) is 20.5. The highest BCUT2D eigenvalue weighted by Crippen LogP contribution is 2.37. The summed E-state index contributed by atoms with van der Waals surface area (Å²) in [5.74, 6) is -2.53. The van der Waals surface area contributed by atoms with Crippen molar-refractivity contribution in [2.75, 3.05) is 6.54 Å². The van der Waals surface area contributed by atoms with E-state index in [1.807, 2.05) is 6.92 Å². The molecule has 2 aliphatic rings. The number of fused-ring (bicyclic) bond motifs is 1. The zero-order valence-electron chi connectivity index (χ0n) is 29.4. The number of carbonyl (C=O) groups excluding carboxylic acids is 5. The summed E-state index contributed by atoms with van der Waals surface area (Å²) in [5.41, 5.74) is 6.12. The van der Waals surface area contributed by atoms with Crippen LogP contribution >= 0.6 is 7.82 Å². The molecule has 5 amide bonds. The number of amides is 5. The number of phosphoric ester groups is 1. The summed E-state index contributed by atoms with van der Waals surface area (Å²) in [4.78, 5) is 85.6. The first-order chi connectivity index (χ1) is 23.8. The molecule has 2 aliphatic heterocycles. The Hall–Kier alpha value is -3.48. The van der Waals surface area contributed by atoms with Gasteiger partial charge >= 0.3 is 7.82 Å². The average Bonchev–Trinajstić information content (AvgIpc) is 3.48. The van der Waals surface area contributed by atoms with Gasteiger partial charge in [-0.25, -0.2) is 4.57 Å². The summed E-state index contributed by atoms with van der Waals surface area (Å²) in [5, 5.41) is 8.64. The number of rotatable bonds is 20. The van der Waals surface area contributed by atoms with Crippen LogP contribution in [0.15, 0.2) is 24.3 Å². The lowest BCUT2D eigenvalue weighted by Gasteiger charge is -2.36. The first kappa shape index (κ1) is 40.9. The molecule has 14 nitrogen and oxygen atoms in total. The number of phosphoric acid groups is 1. The summed E-state index contributed by atoms with van der Waals surface area (Å²) >= 11 is 0. The smallest absolute Gasteiger partial charge is 0.404 e. The van der Waals surface area contributed by atoms with Gasteiger partial charge in [0.15, 0.2) is 0 Å². The molecule has 5 atom stereocenters. The molecular formula is C35H56N5O9P. The van der Waals surface area contributed by atoms with E-state index < -0.39 is 43.7 Å². The Morgan fingerprint density at radius 1 is 0.960 bits per heavy atom. The third-order valence-electron chi connectivity index (χ3n) is 9.59. The van der Waals surface area contributed by atoms with Crippen LogP contribution in [0.3, 0.4) is 0 Å². The van der Waals surface area contributed by atoms with Crippen LogP contribution in [0.4, 0.5) is 0 Å². The van der Waals surface area contributed by atoms with E-state index in [4.69, 9.17) is 15.5 Å². The van der Waals surface area contributed by atoms with Crippen LogP contribution in [-0.2, 0) is 35.0 Å². The van der Waals surface area contributed by atoms with Crippen LogP contribution in [0.2, 0.25) is 0 Å². The first-order valence-electron chi connectivity index (χ1n) is 18.2. The minimum Gasteiger partial charge on any atom is -0.404 e. The van der Waals surface area contributed by atoms with E-state index in [2.05, 4.69) is 27.4 Å². The van der Waals surface area contributed by atoms with E-state index in [1.54, 1.807) is 17.0 Å². The van der Waals surface area contributed by atoms with E-state index in [1.165, 1.54) is 18.6 Å². The summed E-state index contributed by atoms with van der Waals surface area (Å²) in [6, 6.07) is 3.33. The Morgan fingerprint density at radius 2 is 1.64 bits per heavy atom. The van der Waals surface area contributed by atoms with E-state index in [9.17, 15) is 28.5 Å². The van der Waals surface area contributed by atoms with E-state index in [0.717, 1.165) is 56.9 Å². The maximum absolute atomic E-state index is 14.1. The molecule has 3 rings (SSSR count). The Morgan fingerprint density at radius 3 is 2.30 bits per heavy atom. The number of hydrogen-bond acceptors (Lipinski definition) is 7. The molecule has 7 N–H and O–H groups in total. The molecule has 1 aromatic rings. The van der Waals surface area contributed by atoms with E-state index in [-0.39, 0.29) is 42.4 Å². The second-order valence-corrected chi connectivity index (χ2v) is 14.7. The predicted octanol–water partition coefficient (Wildman–Crippen LogP) is 3.37. The Balaban J connectivity index is 1.65. The van der Waals surface area contributed by atoms with Crippen LogP contribution in [0.1, 0.15) is 116 Å². The standard InChI is InChI=1S/C35H56N5O9P/c1-3-5-6-7-8-11-22-37-33(43)28(19-21-31(36)41)38-34(44)30-20-16-26-12-9-10-13-29(35(45)40(26)30)39-32(42)25(4-2)23-24-14-17-27(18-15-24)49-50(46,47)48/h14-15,17-18,25-26,28-30H,3-13,16,19-23H2,1-2H3,(H2,36,41)(H,37,43)(H,38,44)(H,39,42)(H2,46,47,48)/t25-,26?,28-,29-,30-/m0/s1. The molecule has 0 radical (unpaired) electrons. The van der Waals surface area contributed by atoms with E-state index >= 15 is 0 Å². The van der Waals surface area contributed by atoms with Crippen molar-refractivity contribution in [3.8, 4) is 5.75 Å². The molecule has 15 heteroatoms. The molecule has 280 valence electrons. The Labute approximate surface area is 295 Å². The molecule has 0 spiro atoms. The number of nitrogens with two attached hydrogens (primary N) is 1. The Bertz CT molecular complexity index is 1340. The zero-order chi connectivity index (χ0) is 36.7. The molecule has 50 heavy (non-hydrogen) atoms. The summed E-state index contributed by atoms with van der Waals surface area (Å²) in [7, 11) is -4.69. The van der Waals surface area contributed by atoms with Crippen molar-refractivity contribution in [3.63, 3.8) is 0 Å². The molecular weight excluding hydrogens is 665 g/mol. The molecule has 0 saturated carbocycles. The van der Waals surface area contributed by atoms with Gasteiger partial charge in [0, 0.05) is 24.9 Å². The second-order valence-electron chi connectivity index (χ2n) is 13.5. The van der Waals surface area contributed by atoms with Crippen molar-refractivity contribution in [1.82, 2.24) is 20.9 Å². The van der Waals surface area contributed by atoms with Crippen LogP contribution in [0.25, 0.3) is 0 Å². The summed E-state index contributed by atoms with van der Waals surface area (Å²) in [6.45, 7) is 4.48. The topological polar surface area (TPSA) is 217 Å². The third kappa shape index (κ3) is 13.3. The molecule has 1 aromatic carbocycles. The Kier molecular flexibility index (Phi) is 16.7. The molecule has 2 fully saturated rings. The maximum Gasteiger partial charge on any atom is 0.524 e. The number of unbranched alkanes of at least 4 members (excludes halogenated alkanes) is 5. The van der Waals surface area contributed by atoms with Crippen molar-refractivity contribution in [2.45, 2.75) is 141 Å². The number of nitrogens with zero attached hydrogens (tertiary/aromatic N) is 1. The van der Waals surface area contributed by atoms with Crippen molar-refractivity contribution >= 4 is 37.4 Å². The molecule has 0 aromatic heterocycles. The highest BCUT2D eigenvalue weighted by Gasteiger charge is 2.44. The minimum atomic E-state index is -4.69. The number of primary amides is 1. The highest BCUT2D eigenvalue weighted by atomic mass is 31.2. The average molecular weight is 722 g/mol. The van der Waals surface area contributed by atoms with Gasteiger partial charge in [0.05, 0.1) is 0 Å². The van der Waals surface area contributed by atoms with E-state index in [0.29, 0.717) is 38.6 Å². The highest BCUT2D eigenvalue weighted by molar-refractivity contribution is 7.46. The monoisotopic (exact) mass is 721 g/mol. The summed E-state index contributed by atoms with van der Waals surface area (Å²) in [6.07, 6.45) is 10.9. The van der Waals surface area contributed by atoms with Crippen LogP contribution in [-0.4, -0.2) is 74.9 Å². The fourth-order valence-electron chi connectivity index (χ4n) is 6.81.